The van der Waals surface area contributed by atoms with E-state index >= 15 is 0 Å². The Bertz CT molecular complexity index is 518. The predicted molar refractivity (Wildman–Crippen MR) is 82.4 cm³/mol. The predicted octanol–water partition coefficient (Wildman–Crippen LogP) is 3.10. The van der Waals surface area contributed by atoms with Crippen LogP contribution in [0.15, 0.2) is 49.6 Å². The van der Waals surface area contributed by atoms with Gasteiger partial charge in [-0.15, -0.1) is 19.6 Å². The fourth-order valence-corrected chi connectivity index (χ4v) is 1.93. The van der Waals surface area contributed by atoms with Gasteiger partial charge in [-0.3, -0.25) is 4.79 Å². The fourth-order valence-electron chi connectivity index (χ4n) is 1.93. The summed E-state index contributed by atoms with van der Waals surface area (Å²) in [6, 6.07) is 7.59. The van der Waals surface area contributed by atoms with Crippen molar-refractivity contribution in [3.63, 3.8) is 0 Å². The van der Waals surface area contributed by atoms with Crippen molar-refractivity contribution in [1.29, 1.82) is 0 Å². The molecular formula is C17H19NO2. The molecule has 3 heteroatoms. The van der Waals surface area contributed by atoms with E-state index in [-0.39, 0.29) is 0 Å². The van der Waals surface area contributed by atoms with Crippen LogP contribution >= 0.6 is 0 Å². The first-order valence-corrected chi connectivity index (χ1v) is 6.33. The summed E-state index contributed by atoms with van der Waals surface area (Å²) in [5.74, 6) is 2.11. The van der Waals surface area contributed by atoms with Gasteiger partial charge in [-0.25, -0.2) is 0 Å². The molecule has 1 rings (SSSR count). The Labute approximate surface area is 120 Å². The minimum Gasteiger partial charge on any atom is -0.444 e. The molecular weight excluding hydrogens is 250 g/mol. The molecule has 0 aliphatic rings. The number of hydrogen-bond donors (Lipinski definition) is 0. The van der Waals surface area contributed by atoms with Crippen molar-refractivity contribution in [3.05, 3.63) is 55.1 Å². The molecule has 0 aliphatic carbocycles. The molecule has 0 spiro atoms. The molecule has 104 valence electrons. The number of rotatable bonds is 7. The van der Waals surface area contributed by atoms with Crippen molar-refractivity contribution in [2.45, 2.75) is 13.0 Å². The van der Waals surface area contributed by atoms with Crippen LogP contribution in [0.4, 0.5) is 5.69 Å². The van der Waals surface area contributed by atoms with E-state index in [1.807, 2.05) is 24.3 Å². The zero-order valence-corrected chi connectivity index (χ0v) is 11.7. The number of hydrogen-bond acceptors (Lipinski definition) is 3. The normalized spacial score (nSPS) is 11.0. The summed E-state index contributed by atoms with van der Waals surface area (Å²) < 4.78 is 5.18. The smallest absolute Gasteiger partial charge is 0.304 e. The second kappa shape index (κ2) is 7.85. The molecule has 20 heavy (non-hydrogen) atoms. The standard InChI is InChI=1S/C17H19NO2/c1-5-12-18(13-6-2)16-11-9-8-10-15(16)17(7-3)20-14(4)19/h3,5-6,8-11,17H,1-2,12-13H2,4H3. The number of para-hydroxylation sites is 1. The molecule has 1 aromatic carbocycles. The van der Waals surface area contributed by atoms with Crippen LogP contribution in [0.2, 0.25) is 0 Å². The highest BCUT2D eigenvalue weighted by molar-refractivity contribution is 5.67. The third-order valence-corrected chi connectivity index (χ3v) is 2.69. The summed E-state index contributed by atoms with van der Waals surface area (Å²) in [5, 5.41) is 0. The summed E-state index contributed by atoms with van der Waals surface area (Å²) in [7, 11) is 0. The highest BCUT2D eigenvalue weighted by Gasteiger charge is 2.18. The van der Waals surface area contributed by atoms with Gasteiger partial charge in [0, 0.05) is 31.3 Å². The Hall–Kier alpha value is -2.47. The molecule has 0 amide bonds. The first-order valence-electron chi connectivity index (χ1n) is 6.33. The fraction of sp³-hybridized carbons (Fsp3) is 0.235. The Morgan fingerprint density at radius 3 is 2.50 bits per heavy atom. The lowest BCUT2D eigenvalue weighted by Gasteiger charge is -2.26. The molecule has 1 unspecified atom stereocenters. The average Bonchev–Trinajstić information content (AvgIpc) is 2.44. The molecule has 0 aromatic heterocycles. The van der Waals surface area contributed by atoms with Crippen LogP contribution in [0.5, 0.6) is 0 Å². The molecule has 0 fully saturated rings. The molecule has 0 radical (unpaired) electrons. The van der Waals surface area contributed by atoms with Crippen molar-refractivity contribution in [1.82, 2.24) is 0 Å². The molecule has 1 atom stereocenters. The Kier molecular flexibility index (Phi) is 6.12. The summed E-state index contributed by atoms with van der Waals surface area (Å²) >= 11 is 0. The van der Waals surface area contributed by atoms with E-state index in [9.17, 15) is 4.79 Å². The number of terminal acetylenes is 1. The first-order chi connectivity index (χ1) is 9.63. The van der Waals surface area contributed by atoms with Crippen LogP contribution in [0.25, 0.3) is 0 Å². The van der Waals surface area contributed by atoms with Crippen LogP contribution in [0.1, 0.15) is 18.6 Å². The number of carbonyl (C=O) groups excluding carboxylic acids is 1. The number of carbonyl (C=O) groups is 1. The maximum absolute atomic E-state index is 11.2. The van der Waals surface area contributed by atoms with Gasteiger partial charge in [0.1, 0.15) is 0 Å². The number of ether oxygens (including phenoxy) is 1. The highest BCUT2D eigenvalue weighted by Crippen LogP contribution is 2.28. The van der Waals surface area contributed by atoms with Crippen molar-refractivity contribution < 1.29 is 9.53 Å². The van der Waals surface area contributed by atoms with E-state index in [1.165, 1.54) is 6.92 Å². The van der Waals surface area contributed by atoms with Gasteiger partial charge in [0.2, 0.25) is 0 Å². The monoisotopic (exact) mass is 269 g/mol. The number of anilines is 1. The molecule has 1 aromatic rings. The van der Waals surface area contributed by atoms with E-state index in [0.29, 0.717) is 13.1 Å². The lowest BCUT2D eigenvalue weighted by atomic mass is 10.1. The van der Waals surface area contributed by atoms with Gasteiger partial charge in [0.25, 0.3) is 0 Å². The van der Waals surface area contributed by atoms with Crippen LogP contribution in [0.3, 0.4) is 0 Å². The second-order valence-corrected chi connectivity index (χ2v) is 4.20. The van der Waals surface area contributed by atoms with Gasteiger partial charge in [-0.1, -0.05) is 36.3 Å². The molecule has 0 heterocycles. The van der Waals surface area contributed by atoms with Gasteiger partial charge in [-0.2, -0.15) is 0 Å². The van der Waals surface area contributed by atoms with Gasteiger partial charge in [0.15, 0.2) is 6.10 Å². The van der Waals surface area contributed by atoms with Gasteiger partial charge >= 0.3 is 5.97 Å². The topological polar surface area (TPSA) is 29.5 Å². The zero-order valence-electron chi connectivity index (χ0n) is 11.7. The maximum atomic E-state index is 11.2. The van der Waals surface area contributed by atoms with Gasteiger partial charge < -0.3 is 9.64 Å². The number of nitrogens with zero attached hydrogens (tertiary/aromatic N) is 1. The molecule has 0 saturated heterocycles. The summed E-state index contributed by atoms with van der Waals surface area (Å²) in [6.07, 6.45) is 8.40. The SMILES string of the molecule is C#CC(OC(C)=O)c1ccccc1N(CC=C)CC=C. The molecule has 0 N–H and O–H groups in total. The van der Waals surface area contributed by atoms with Crippen LogP contribution in [-0.4, -0.2) is 19.1 Å². The highest BCUT2D eigenvalue weighted by atomic mass is 16.5. The van der Waals surface area contributed by atoms with E-state index in [2.05, 4.69) is 24.0 Å². The molecule has 3 nitrogen and oxygen atoms in total. The van der Waals surface area contributed by atoms with Crippen molar-refractivity contribution >= 4 is 11.7 Å². The van der Waals surface area contributed by atoms with Crippen molar-refractivity contribution in [3.8, 4) is 12.3 Å². The van der Waals surface area contributed by atoms with Crippen LogP contribution < -0.4 is 4.90 Å². The number of benzene rings is 1. The van der Waals surface area contributed by atoms with E-state index in [0.717, 1.165) is 11.3 Å². The zero-order chi connectivity index (χ0) is 15.0. The Morgan fingerprint density at radius 2 is 2.00 bits per heavy atom. The Balaban J connectivity index is 3.19. The third-order valence-electron chi connectivity index (χ3n) is 2.69. The minimum absolute atomic E-state index is 0.401. The maximum Gasteiger partial charge on any atom is 0.304 e. The summed E-state index contributed by atoms with van der Waals surface area (Å²) in [5.41, 5.74) is 1.70. The average molecular weight is 269 g/mol. The van der Waals surface area contributed by atoms with E-state index < -0.39 is 12.1 Å². The van der Waals surface area contributed by atoms with Crippen LogP contribution in [0, 0.1) is 12.3 Å². The number of esters is 1. The Morgan fingerprint density at radius 1 is 1.40 bits per heavy atom. The van der Waals surface area contributed by atoms with Gasteiger partial charge in [-0.05, 0) is 6.07 Å². The van der Waals surface area contributed by atoms with E-state index in [4.69, 9.17) is 11.2 Å². The second-order valence-electron chi connectivity index (χ2n) is 4.20. The molecule has 0 aliphatic heterocycles. The van der Waals surface area contributed by atoms with Gasteiger partial charge in [0.05, 0.1) is 0 Å². The van der Waals surface area contributed by atoms with Crippen LogP contribution in [-0.2, 0) is 9.53 Å². The summed E-state index contributed by atoms with van der Waals surface area (Å²) in [4.78, 5) is 13.2. The van der Waals surface area contributed by atoms with Crippen molar-refractivity contribution in [2.24, 2.45) is 0 Å². The quantitative estimate of drug-likeness (QED) is 0.433. The lowest BCUT2D eigenvalue weighted by molar-refractivity contribution is -0.144. The first kappa shape index (κ1) is 15.6. The largest absolute Gasteiger partial charge is 0.444 e. The lowest BCUT2D eigenvalue weighted by Crippen LogP contribution is -2.25. The molecule has 0 bridgehead atoms. The summed E-state index contributed by atoms with van der Waals surface area (Å²) in [6.45, 7) is 10.2. The molecule has 0 saturated carbocycles. The van der Waals surface area contributed by atoms with Crippen molar-refractivity contribution in [2.75, 3.05) is 18.0 Å². The third kappa shape index (κ3) is 4.03. The minimum atomic E-state index is -0.694. The van der Waals surface area contributed by atoms with E-state index in [1.54, 1.807) is 12.2 Å².